The van der Waals surface area contributed by atoms with Crippen LogP contribution in [0.2, 0.25) is 0 Å². The lowest BCUT2D eigenvalue weighted by Gasteiger charge is -2.36. The van der Waals surface area contributed by atoms with Crippen LogP contribution in [0.5, 0.6) is 11.5 Å². The molecule has 0 fully saturated rings. The maximum Gasteiger partial charge on any atom is 0.410 e. The van der Waals surface area contributed by atoms with Crippen molar-refractivity contribution in [3.8, 4) is 11.5 Å². The van der Waals surface area contributed by atoms with Gasteiger partial charge in [0.25, 0.3) is 0 Å². The van der Waals surface area contributed by atoms with E-state index in [2.05, 4.69) is 4.98 Å². The molecule has 0 bridgehead atoms. The van der Waals surface area contributed by atoms with Gasteiger partial charge in [-0.25, -0.2) is 4.79 Å². The summed E-state index contributed by atoms with van der Waals surface area (Å²) in [7, 11) is 3.24. The molecule has 6 heteroatoms. The maximum absolute atomic E-state index is 12.4. The number of rotatable bonds is 4. The Morgan fingerprint density at radius 1 is 1.29 bits per heavy atom. The Labute approximate surface area is 141 Å². The number of nitrogens with zero attached hydrogens (tertiary/aromatic N) is 1. The maximum atomic E-state index is 12.4. The molecular formula is C18H22N2O4. The predicted molar refractivity (Wildman–Crippen MR) is 89.6 cm³/mol. The summed E-state index contributed by atoms with van der Waals surface area (Å²) in [5, 5.41) is 0. The predicted octanol–water partition coefficient (Wildman–Crippen LogP) is 3.14. The van der Waals surface area contributed by atoms with E-state index in [-0.39, 0.29) is 12.1 Å². The second-order valence-electron chi connectivity index (χ2n) is 5.58. The lowest BCUT2D eigenvalue weighted by atomic mass is 9.90. The van der Waals surface area contributed by atoms with Crippen LogP contribution in [0, 0.1) is 0 Å². The Hall–Kier alpha value is -2.63. The fourth-order valence-electron chi connectivity index (χ4n) is 3.20. The van der Waals surface area contributed by atoms with Crippen LogP contribution < -0.4 is 9.47 Å². The number of hydrogen-bond acceptors (Lipinski definition) is 4. The second kappa shape index (κ2) is 6.86. The largest absolute Gasteiger partial charge is 0.493 e. The fraction of sp³-hybridized carbons (Fsp3) is 0.389. The van der Waals surface area contributed by atoms with Crippen molar-refractivity contribution in [3.63, 3.8) is 0 Å². The van der Waals surface area contributed by atoms with Gasteiger partial charge < -0.3 is 19.2 Å². The number of methoxy groups -OCH3 is 2. The summed E-state index contributed by atoms with van der Waals surface area (Å²) in [6.07, 6.45) is 2.29. The van der Waals surface area contributed by atoms with Gasteiger partial charge in [-0.15, -0.1) is 0 Å². The Morgan fingerprint density at radius 2 is 2.04 bits per heavy atom. The Kier molecular flexibility index (Phi) is 4.64. The van der Waals surface area contributed by atoms with Crippen molar-refractivity contribution in [2.75, 3.05) is 27.4 Å². The Morgan fingerprint density at radius 3 is 2.67 bits per heavy atom. The van der Waals surface area contributed by atoms with Crippen molar-refractivity contribution in [1.29, 1.82) is 0 Å². The van der Waals surface area contributed by atoms with Crippen LogP contribution in [-0.4, -0.2) is 43.3 Å². The van der Waals surface area contributed by atoms with E-state index in [9.17, 15) is 4.79 Å². The molecule has 1 aromatic heterocycles. The number of carbonyl (C=O) groups excluding carboxylic acids is 1. The number of hydrogen-bond donors (Lipinski definition) is 1. The van der Waals surface area contributed by atoms with E-state index >= 15 is 0 Å². The molecule has 1 atom stereocenters. The van der Waals surface area contributed by atoms with E-state index in [4.69, 9.17) is 14.2 Å². The van der Waals surface area contributed by atoms with Gasteiger partial charge in [0.2, 0.25) is 0 Å². The van der Waals surface area contributed by atoms with Crippen molar-refractivity contribution in [2.45, 2.75) is 19.4 Å². The first-order valence-corrected chi connectivity index (χ1v) is 8.01. The fourth-order valence-corrected chi connectivity index (χ4v) is 3.20. The summed E-state index contributed by atoms with van der Waals surface area (Å²) in [6.45, 7) is 2.75. The summed E-state index contributed by atoms with van der Waals surface area (Å²) in [5.74, 6) is 1.35. The summed E-state index contributed by atoms with van der Waals surface area (Å²) in [5.41, 5.74) is 3.11. The normalized spacial score (nSPS) is 16.5. The van der Waals surface area contributed by atoms with Crippen molar-refractivity contribution in [2.24, 2.45) is 0 Å². The number of fused-ring (bicyclic) bond motifs is 1. The molecule has 0 saturated heterocycles. The average Bonchev–Trinajstić information content (AvgIpc) is 3.13. The third-order valence-electron chi connectivity index (χ3n) is 4.29. The van der Waals surface area contributed by atoms with Gasteiger partial charge in [-0.05, 0) is 48.7 Å². The van der Waals surface area contributed by atoms with Gasteiger partial charge >= 0.3 is 6.09 Å². The third-order valence-corrected chi connectivity index (χ3v) is 4.29. The topological polar surface area (TPSA) is 63.8 Å². The molecule has 2 aromatic rings. The molecule has 2 heterocycles. The molecule has 0 aliphatic carbocycles. The molecule has 0 saturated carbocycles. The Balaban J connectivity index is 2.10. The average molecular weight is 330 g/mol. The molecule has 24 heavy (non-hydrogen) atoms. The highest BCUT2D eigenvalue weighted by atomic mass is 16.6. The van der Waals surface area contributed by atoms with Gasteiger partial charge in [0, 0.05) is 18.4 Å². The van der Waals surface area contributed by atoms with Gasteiger partial charge in [-0.1, -0.05) is 0 Å². The summed E-state index contributed by atoms with van der Waals surface area (Å²) in [6, 6.07) is 7.61. The number of carbonyl (C=O) groups is 1. The lowest BCUT2D eigenvalue weighted by Crippen LogP contribution is -2.41. The van der Waals surface area contributed by atoms with E-state index in [0.717, 1.165) is 23.2 Å². The van der Waals surface area contributed by atoms with Crippen molar-refractivity contribution >= 4 is 6.09 Å². The van der Waals surface area contributed by atoms with Crippen LogP contribution in [0.25, 0.3) is 0 Å². The lowest BCUT2D eigenvalue weighted by molar-refractivity contribution is 0.0930. The number of ether oxygens (including phenoxy) is 3. The molecule has 3 rings (SSSR count). The molecule has 1 aliphatic rings. The van der Waals surface area contributed by atoms with E-state index in [1.807, 2.05) is 37.4 Å². The van der Waals surface area contributed by atoms with Gasteiger partial charge in [0.15, 0.2) is 11.5 Å². The summed E-state index contributed by atoms with van der Waals surface area (Å²) in [4.78, 5) is 17.4. The van der Waals surface area contributed by atoms with Crippen molar-refractivity contribution in [3.05, 3.63) is 47.3 Å². The zero-order valence-corrected chi connectivity index (χ0v) is 14.2. The summed E-state index contributed by atoms with van der Waals surface area (Å²) >= 11 is 0. The number of nitrogens with one attached hydrogen (secondary N) is 1. The zero-order valence-electron chi connectivity index (χ0n) is 14.2. The molecular weight excluding hydrogens is 308 g/mol. The Bertz CT molecular complexity index is 712. The highest BCUT2D eigenvalue weighted by molar-refractivity contribution is 5.70. The molecule has 128 valence electrons. The highest BCUT2D eigenvalue weighted by Crippen LogP contribution is 2.40. The van der Waals surface area contributed by atoms with Crippen LogP contribution in [0.15, 0.2) is 30.5 Å². The third kappa shape index (κ3) is 2.79. The van der Waals surface area contributed by atoms with E-state index < -0.39 is 0 Å². The first-order valence-electron chi connectivity index (χ1n) is 8.01. The highest BCUT2D eigenvalue weighted by Gasteiger charge is 2.34. The zero-order chi connectivity index (χ0) is 17.1. The molecule has 0 spiro atoms. The smallest absolute Gasteiger partial charge is 0.410 e. The number of H-pyrrole nitrogens is 1. The van der Waals surface area contributed by atoms with Crippen LogP contribution in [0.3, 0.4) is 0 Å². The monoisotopic (exact) mass is 330 g/mol. The van der Waals surface area contributed by atoms with Crippen molar-refractivity contribution < 1.29 is 19.0 Å². The molecule has 0 radical (unpaired) electrons. The summed E-state index contributed by atoms with van der Waals surface area (Å²) < 4.78 is 16.1. The number of aromatic nitrogens is 1. The quantitative estimate of drug-likeness (QED) is 0.935. The SMILES string of the molecule is CCOC(=O)N1CCc2cc(OC)c(OC)cc2[C@H]1c1ccc[nH]1. The number of aromatic amines is 1. The standard InChI is InChI=1S/C18H22N2O4/c1-4-24-18(21)20-9-7-12-10-15(22-2)16(23-3)11-13(12)17(20)14-6-5-8-19-14/h5-6,8,10-11,17,19H,4,7,9H2,1-3H3/t17-/m0/s1. The molecule has 1 N–H and O–H groups in total. The van der Waals surface area contributed by atoms with Crippen LogP contribution in [0.4, 0.5) is 4.79 Å². The molecule has 1 amide bonds. The number of benzene rings is 1. The van der Waals surface area contributed by atoms with Crippen LogP contribution >= 0.6 is 0 Å². The van der Waals surface area contributed by atoms with Gasteiger partial charge in [-0.2, -0.15) is 0 Å². The molecule has 0 unspecified atom stereocenters. The first kappa shape index (κ1) is 16.2. The second-order valence-corrected chi connectivity index (χ2v) is 5.58. The van der Waals surface area contributed by atoms with E-state index in [0.29, 0.717) is 24.7 Å². The minimum atomic E-state index is -0.308. The molecule has 6 nitrogen and oxygen atoms in total. The van der Waals surface area contributed by atoms with Gasteiger partial charge in [0.1, 0.15) is 6.04 Å². The molecule has 1 aromatic carbocycles. The molecule has 1 aliphatic heterocycles. The van der Waals surface area contributed by atoms with Crippen LogP contribution in [-0.2, 0) is 11.2 Å². The van der Waals surface area contributed by atoms with Crippen LogP contribution in [0.1, 0.15) is 29.8 Å². The minimum absolute atomic E-state index is 0.234. The van der Waals surface area contributed by atoms with Crippen molar-refractivity contribution in [1.82, 2.24) is 9.88 Å². The van der Waals surface area contributed by atoms with E-state index in [1.54, 1.807) is 19.1 Å². The first-order chi connectivity index (χ1) is 11.7. The van der Waals surface area contributed by atoms with Gasteiger partial charge in [0.05, 0.1) is 20.8 Å². The van der Waals surface area contributed by atoms with Gasteiger partial charge in [-0.3, -0.25) is 4.90 Å². The minimum Gasteiger partial charge on any atom is -0.493 e. The van der Waals surface area contributed by atoms with E-state index in [1.165, 1.54) is 0 Å². The number of amides is 1.